The van der Waals surface area contributed by atoms with Gasteiger partial charge in [0.05, 0.1) is 16.8 Å². The van der Waals surface area contributed by atoms with Crippen molar-refractivity contribution < 1.29 is 5.11 Å². The molecule has 19 heavy (non-hydrogen) atoms. The Labute approximate surface area is 120 Å². The van der Waals surface area contributed by atoms with E-state index in [2.05, 4.69) is 38.0 Å². The molecular formula is C15H26N2OS. The van der Waals surface area contributed by atoms with Crippen LogP contribution in [0.2, 0.25) is 0 Å². The molecule has 0 saturated heterocycles. The highest BCUT2D eigenvalue weighted by Gasteiger charge is 2.26. The molecule has 0 aliphatic heterocycles. The summed E-state index contributed by atoms with van der Waals surface area (Å²) in [5, 5.41) is 14.9. The minimum absolute atomic E-state index is 0.186. The topological polar surface area (TPSA) is 45.2 Å². The first kappa shape index (κ1) is 14.9. The normalized spacial score (nSPS) is 25.8. The number of aromatic nitrogens is 1. The van der Waals surface area contributed by atoms with Crippen molar-refractivity contribution in [2.45, 2.75) is 77.5 Å². The SMILES string of the molecule is Cc1nc(C(C)C)sc1C(C)NC1CCCCC1O. The Kier molecular flexibility index (Phi) is 4.98. The lowest BCUT2D eigenvalue weighted by atomic mass is 9.92. The summed E-state index contributed by atoms with van der Waals surface area (Å²) in [5.41, 5.74) is 1.14. The number of thiazole rings is 1. The van der Waals surface area contributed by atoms with E-state index in [9.17, 15) is 5.11 Å². The van der Waals surface area contributed by atoms with Gasteiger partial charge in [0.2, 0.25) is 0 Å². The van der Waals surface area contributed by atoms with E-state index in [1.165, 1.54) is 16.3 Å². The van der Waals surface area contributed by atoms with E-state index in [1.807, 2.05) is 11.3 Å². The summed E-state index contributed by atoms with van der Waals surface area (Å²) in [7, 11) is 0. The monoisotopic (exact) mass is 282 g/mol. The van der Waals surface area contributed by atoms with Crippen molar-refractivity contribution in [2.24, 2.45) is 0 Å². The van der Waals surface area contributed by atoms with Crippen molar-refractivity contribution in [1.82, 2.24) is 10.3 Å². The molecule has 1 saturated carbocycles. The first-order chi connectivity index (χ1) is 8.99. The molecule has 1 heterocycles. The van der Waals surface area contributed by atoms with Gasteiger partial charge in [-0.3, -0.25) is 0 Å². The molecule has 4 heteroatoms. The minimum atomic E-state index is -0.186. The number of rotatable bonds is 4. The van der Waals surface area contributed by atoms with Gasteiger partial charge in [0.25, 0.3) is 0 Å². The van der Waals surface area contributed by atoms with Crippen molar-refractivity contribution >= 4 is 11.3 Å². The molecule has 0 radical (unpaired) electrons. The van der Waals surface area contributed by atoms with Gasteiger partial charge < -0.3 is 10.4 Å². The third-order valence-electron chi connectivity index (χ3n) is 3.93. The molecule has 3 unspecified atom stereocenters. The maximum absolute atomic E-state index is 10.1. The summed E-state index contributed by atoms with van der Waals surface area (Å²) in [6.45, 7) is 8.65. The first-order valence-corrected chi connectivity index (χ1v) is 8.22. The first-order valence-electron chi connectivity index (χ1n) is 7.40. The predicted molar refractivity (Wildman–Crippen MR) is 80.8 cm³/mol. The summed E-state index contributed by atoms with van der Waals surface area (Å²) < 4.78 is 0. The lowest BCUT2D eigenvalue weighted by molar-refractivity contribution is 0.0861. The molecule has 1 aliphatic carbocycles. The van der Waals surface area contributed by atoms with Crippen LogP contribution in [0.15, 0.2) is 0 Å². The van der Waals surface area contributed by atoms with Crippen LogP contribution in [-0.4, -0.2) is 22.2 Å². The number of aliphatic hydroxyl groups is 1. The van der Waals surface area contributed by atoms with Crippen LogP contribution in [0.1, 0.15) is 74.0 Å². The standard InChI is InChI=1S/C15H26N2OS/c1-9(2)15-17-11(4)14(19-15)10(3)16-12-7-5-6-8-13(12)18/h9-10,12-13,16,18H,5-8H2,1-4H3. The third-order valence-corrected chi connectivity index (χ3v) is 5.57. The smallest absolute Gasteiger partial charge is 0.0956 e. The lowest BCUT2D eigenvalue weighted by Gasteiger charge is -2.31. The molecule has 1 aliphatic rings. The Hall–Kier alpha value is -0.450. The summed E-state index contributed by atoms with van der Waals surface area (Å²) in [4.78, 5) is 5.98. The van der Waals surface area contributed by atoms with Crippen molar-refractivity contribution in [3.63, 3.8) is 0 Å². The van der Waals surface area contributed by atoms with Gasteiger partial charge in [-0.05, 0) is 26.7 Å². The summed E-state index contributed by atoms with van der Waals surface area (Å²) in [6.07, 6.45) is 4.21. The van der Waals surface area contributed by atoms with Gasteiger partial charge in [-0.2, -0.15) is 0 Å². The summed E-state index contributed by atoms with van der Waals surface area (Å²) in [6, 6.07) is 0.524. The average Bonchev–Trinajstić information content (AvgIpc) is 2.74. The van der Waals surface area contributed by atoms with Gasteiger partial charge in [0, 0.05) is 22.9 Å². The molecule has 1 fully saturated rings. The van der Waals surface area contributed by atoms with Crippen LogP contribution in [0.4, 0.5) is 0 Å². The zero-order valence-corrected chi connectivity index (χ0v) is 13.3. The van der Waals surface area contributed by atoms with E-state index in [4.69, 9.17) is 0 Å². The molecule has 0 aromatic carbocycles. The van der Waals surface area contributed by atoms with Crippen LogP contribution < -0.4 is 5.32 Å². The lowest BCUT2D eigenvalue weighted by Crippen LogP contribution is -2.43. The Balaban J connectivity index is 2.04. The van der Waals surface area contributed by atoms with Gasteiger partial charge >= 0.3 is 0 Å². The van der Waals surface area contributed by atoms with Crippen LogP contribution in [-0.2, 0) is 0 Å². The Bertz CT molecular complexity index is 416. The highest BCUT2D eigenvalue weighted by molar-refractivity contribution is 7.11. The minimum Gasteiger partial charge on any atom is -0.392 e. The van der Waals surface area contributed by atoms with Crippen LogP contribution in [0.5, 0.6) is 0 Å². The molecule has 0 bridgehead atoms. The van der Waals surface area contributed by atoms with E-state index in [-0.39, 0.29) is 18.2 Å². The number of aryl methyl sites for hydroxylation is 1. The molecule has 2 rings (SSSR count). The fourth-order valence-electron chi connectivity index (χ4n) is 2.78. The Morgan fingerprint density at radius 3 is 2.53 bits per heavy atom. The van der Waals surface area contributed by atoms with Crippen LogP contribution in [0.3, 0.4) is 0 Å². The van der Waals surface area contributed by atoms with Crippen molar-refractivity contribution in [1.29, 1.82) is 0 Å². The fraction of sp³-hybridized carbons (Fsp3) is 0.800. The second-order valence-electron chi connectivity index (χ2n) is 6.00. The quantitative estimate of drug-likeness (QED) is 0.888. The maximum atomic E-state index is 10.1. The maximum Gasteiger partial charge on any atom is 0.0956 e. The zero-order valence-electron chi connectivity index (χ0n) is 12.4. The average molecular weight is 282 g/mol. The number of aliphatic hydroxyl groups excluding tert-OH is 1. The zero-order chi connectivity index (χ0) is 14.0. The number of hydrogen-bond donors (Lipinski definition) is 2. The molecule has 0 spiro atoms. The second kappa shape index (κ2) is 6.33. The Morgan fingerprint density at radius 2 is 1.95 bits per heavy atom. The van der Waals surface area contributed by atoms with Crippen LogP contribution >= 0.6 is 11.3 Å². The van der Waals surface area contributed by atoms with Crippen molar-refractivity contribution in [3.05, 3.63) is 15.6 Å². The molecule has 3 nitrogen and oxygen atoms in total. The van der Waals surface area contributed by atoms with Gasteiger partial charge in [-0.25, -0.2) is 4.98 Å². The highest BCUT2D eigenvalue weighted by Crippen LogP contribution is 2.30. The van der Waals surface area contributed by atoms with Gasteiger partial charge in [-0.15, -0.1) is 11.3 Å². The van der Waals surface area contributed by atoms with Gasteiger partial charge in [0.1, 0.15) is 0 Å². The number of nitrogens with zero attached hydrogens (tertiary/aromatic N) is 1. The molecule has 3 atom stereocenters. The van der Waals surface area contributed by atoms with E-state index in [0.717, 1.165) is 25.0 Å². The molecule has 2 N–H and O–H groups in total. The van der Waals surface area contributed by atoms with Crippen LogP contribution in [0, 0.1) is 6.92 Å². The van der Waals surface area contributed by atoms with E-state index in [1.54, 1.807) is 0 Å². The molecule has 1 aromatic heterocycles. The third kappa shape index (κ3) is 3.56. The summed E-state index contributed by atoms with van der Waals surface area (Å²) >= 11 is 1.81. The largest absolute Gasteiger partial charge is 0.392 e. The number of hydrogen-bond acceptors (Lipinski definition) is 4. The summed E-state index contributed by atoms with van der Waals surface area (Å²) in [5.74, 6) is 0.491. The second-order valence-corrected chi connectivity index (χ2v) is 7.07. The van der Waals surface area contributed by atoms with Gasteiger partial charge in [-0.1, -0.05) is 26.7 Å². The fourth-order valence-corrected chi connectivity index (χ4v) is 3.86. The van der Waals surface area contributed by atoms with Crippen LogP contribution in [0.25, 0.3) is 0 Å². The van der Waals surface area contributed by atoms with Crippen molar-refractivity contribution in [2.75, 3.05) is 0 Å². The predicted octanol–water partition coefficient (Wildman–Crippen LogP) is 3.53. The van der Waals surface area contributed by atoms with E-state index < -0.39 is 0 Å². The molecule has 1 aromatic rings. The molecular weight excluding hydrogens is 256 g/mol. The van der Waals surface area contributed by atoms with Gasteiger partial charge in [0.15, 0.2) is 0 Å². The van der Waals surface area contributed by atoms with Crippen molar-refractivity contribution in [3.8, 4) is 0 Å². The Morgan fingerprint density at radius 1 is 1.26 bits per heavy atom. The molecule has 0 amide bonds. The molecule has 108 valence electrons. The highest BCUT2D eigenvalue weighted by atomic mass is 32.1. The van der Waals surface area contributed by atoms with E-state index in [0.29, 0.717) is 5.92 Å². The van der Waals surface area contributed by atoms with E-state index >= 15 is 0 Å². The number of nitrogens with one attached hydrogen (secondary N) is 1.